The van der Waals surface area contributed by atoms with Crippen molar-refractivity contribution in [2.75, 3.05) is 38.6 Å². The summed E-state index contributed by atoms with van der Waals surface area (Å²) in [7, 11) is 3.74. The Morgan fingerprint density at radius 3 is 2.63 bits per heavy atom. The Hall–Kier alpha value is -2.13. The van der Waals surface area contributed by atoms with Gasteiger partial charge in [0.2, 0.25) is 0 Å². The number of nitriles is 1. The van der Waals surface area contributed by atoms with E-state index in [4.69, 9.17) is 10.4 Å². The largest absolute Gasteiger partial charge is 0.480 e. The summed E-state index contributed by atoms with van der Waals surface area (Å²) in [5.74, 6) is -1.50. The van der Waals surface area contributed by atoms with Gasteiger partial charge in [-0.05, 0) is 32.3 Å². The molecule has 1 aromatic carbocycles. The van der Waals surface area contributed by atoms with Crippen molar-refractivity contribution in [2.45, 2.75) is 0 Å². The summed E-state index contributed by atoms with van der Waals surface area (Å²) in [4.78, 5) is 14.3. The molecule has 1 N–H and O–H groups in total. The van der Waals surface area contributed by atoms with E-state index in [0.29, 0.717) is 18.8 Å². The fraction of sp³-hybridized carbons (Fsp3) is 0.385. The van der Waals surface area contributed by atoms with Crippen LogP contribution in [0, 0.1) is 17.1 Å². The van der Waals surface area contributed by atoms with E-state index in [-0.39, 0.29) is 12.1 Å². The Morgan fingerprint density at radius 1 is 1.42 bits per heavy atom. The van der Waals surface area contributed by atoms with Gasteiger partial charge in [0, 0.05) is 13.1 Å². The molecule has 6 heteroatoms. The highest BCUT2D eigenvalue weighted by Crippen LogP contribution is 2.20. The minimum absolute atomic E-state index is 0.139. The van der Waals surface area contributed by atoms with Crippen molar-refractivity contribution < 1.29 is 14.3 Å². The van der Waals surface area contributed by atoms with E-state index >= 15 is 0 Å². The Labute approximate surface area is 111 Å². The van der Waals surface area contributed by atoms with Crippen LogP contribution in [0.3, 0.4) is 0 Å². The number of carboxylic acid groups (broad SMARTS) is 1. The van der Waals surface area contributed by atoms with Crippen LogP contribution in [-0.4, -0.2) is 49.7 Å². The lowest BCUT2D eigenvalue weighted by Gasteiger charge is -2.25. The number of anilines is 1. The molecule has 1 rings (SSSR count). The number of hydrogen-bond donors (Lipinski definition) is 1. The number of likely N-dealkylation sites (N-methyl/N-ethyl adjacent to an activating group) is 1. The second kappa shape index (κ2) is 6.71. The van der Waals surface area contributed by atoms with Crippen LogP contribution in [0.2, 0.25) is 0 Å². The minimum atomic E-state index is -0.994. The molecule has 0 fully saturated rings. The Morgan fingerprint density at radius 2 is 2.11 bits per heavy atom. The smallest absolute Gasteiger partial charge is 0.323 e. The Kier molecular flexibility index (Phi) is 5.27. The minimum Gasteiger partial charge on any atom is -0.480 e. The van der Waals surface area contributed by atoms with Crippen molar-refractivity contribution in [1.29, 1.82) is 5.26 Å². The first-order chi connectivity index (χ1) is 8.93. The highest BCUT2D eigenvalue weighted by atomic mass is 19.1. The molecule has 5 nitrogen and oxygen atoms in total. The average Bonchev–Trinajstić information content (AvgIpc) is 2.33. The van der Waals surface area contributed by atoms with Crippen molar-refractivity contribution >= 4 is 11.7 Å². The molecule has 0 bridgehead atoms. The normalized spacial score (nSPS) is 10.3. The summed E-state index contributed by atoms with van der Waals surface area (Å²) >= 11 is 0. The van der Waals surface area contributed by atoms with E-state index in [1.54, 1.807) is 4.90 Å². The van der Waals surface area contributed by atoms with Gasteiger partial charge in [-0.25, -0.2) is 4.39 Å². The third-order valence-electron chi connectivity index (χ3n) is 2.56. The summed E-state index contributed by atoms with van der Waals surface area (Å²) in [6, 6.07) is 5.66. The van der Waals surface area contributed by atoms with Crippen molar-refractivity contribution in [1.82, 2.24) is 4.90 Å². The number of carboxylic acids is 1. The zero-order valence-electron chi connectivity index (χ0n) is 10.9. The van der Waals surface area contributed by atoms with E-state index in [1.807, 2.05) is 25.1 Å². The third-order valence-corrected chi connectivity index (χ3v) is 2.56. The maximum atomic E-state index is 13.1. The summed E-state index contributed by atoms with van der Waals surface area (Å²) in [6.45, 7) is 0.850. The Balaban J connectivity index is 3.02. The summed E-state index contributed by atoms with van der Waals surface area (Å²) < 4.78 is 13.1. The van der Waals surface area contributed by atoms with Gasteiger partial charge in [-0.3, -0.25) is 4.79 Å². The van der Waals surface area contributed by atoms with Gasteiger partial charge < -0.3 is 14.9 Å². The molecule has 0 unspecified atom stereocenters. The first-order valence-corrected chi connectivity index (χ1v) is 5.75. The number of benzene rings is 1. The summed E-state index contributed by atoms with van der Waals surface area (Å²) in [5, 5.41) is 17.9. The molecule has 0 aliphatic carbocycles. The van der Waals surface area contributed by atoms with Crippen LogP contribution >= 0.6 is 0 Å². The first-order valence-electron chi connectivity index (χ1n) is 5.75. The van der Waals surface area contributed by atoms with Crippen LogP contribution in [0.15, 0.2) is 18.2 Å². The molecule has 0 aromatic heterocycles. The fourth-order valence-corrected chi connectivity index (χ4v) is 1.64. The topological polar surface area (TPSA) is 67.6 Å². The molecule has 0 saturated carbocycles. The van der Waals surface area contributed by atoms with E-state index < -0.39 is 11.8 Å². The number of nitrogens with zero attached hydrogens (tertiary/aromatic N) is 3. The number of carbonyl (C=O) groups is 1. The molecular formula is C13H16FN3O2. The Bertz CT molecular complexity index is 497. The molecule has 1 aromatic rings. The van der Waals surface area contributed by atoms with Gasteiger partial charge in [-0.1, -0.05) is 0 Å². The maximum absolute atomic E-state index is 13.1. The molecule has 0 heterocycles. The number of rotatable bonds is 6. The SMILES string of the molecule is CN(C)CCN(CC(=O)O)c1ccc(F)cc1C#N. The van der Waals surface area contributed by atoms with E-state index in [1.165, 1.54) is 12.1 Å². The number of aliphatic carboxylic acids is 1. The van der Waals surface area contributed by atoms with Crippen LogP contribution < -0.4 is 4.90 Å². The molecule has 0 atom stereocenters. The van der Waals surface area contributed by atoms with Gasteiger partial charge in [-0.2, -0.15) is 5.26 Å². The molecule has 0 saturated heterocycles. The van der Waals surface area contributed by atoms with Gasteiger partial charge in [0.05, 0.1) is 11.3 Å². The predicted molar refractivity (Wildman–Crippen MR) is 69.5 cm³/mol. The van der Waals surface area contributed by atoms with Gasteiger partial charge in [0.15, 0.2) is 0 Å². The van der Waals surface area contributed by atoms with Crippen molar-refractivity contribution in [3.05, 3.63) is 29.6 Å². The average molecular weight is 265 g/mol. The number of halogens is 1. The van der Waals surface area contributed by atoms with Crippen LogP contribution in [0.25, 0.3) is 0 Å². The molecule has 0 aliphatic heterocycles. The molecule has 102 valence electrons. The zero-order chi connectivity index (χ0) is 14.4. The fourth-order valence-electron chi connectivity index (χ4n) is 1.64. The molecule has 0 aliphatic rings. The van der Waals surface area contributed by atoms with E-state index in [2.05, 4.69) is 0 Å². The second-order valence-electron chi connectivity index (χ2n) is 4.39. The zero-order valence-corrected chi connectivity index (χ0v) is 10.9. The predicted octanol–water partition coefficient (Wildman–Crippen LogP) is 1.15. The monoisotopic (exact) mass is 265 g/mol. The molecule has 19 heavy (non-hydrogen) atoms. The van der Waals surface area contributed by atoms with Crippen LogP contribution in [0.4, 0.5) is 10.1 Å². The summed E-state index contributed by atoms with van der Waals surface area (Å²) in [5.41, 5.74) is 0.577. The second-order valence-corrected chi connectivity index (χ2v) is 4.39. The third kappa shape index (κ3) is 4.56. The lowest BCUT2D eigenvalue weighted by atomic mass is 10.1. The van der Waals surface area contributed by atoms with Crippen LogP contribution in [-0.2, 0) is 4.79 Å². The quantitative estimate of drug-likeness (QED) is 0.835. The molecule has 0 amide bonds. The van der Waals surface area contributed by atoms with Crippen molar-refractivity contribution in [3.8, 4) is 6.07 Å². The van der Waals surface area contributed by atoms with Crippen molar-refractivity contribution in [3.63, 3.8) is 0 Å². The number of hydrogen-bond acceptors (Lipinski definition) is 4. The highest BCUT2D eigenvalue weighted by Gasteiger charge is 2.15. The first kappa shape index (κ1) is 14.9. The standard InChI is InChI=1S/C13H16FN3O2/c1-16(2)5-6-17(9-13(18)19)12-4-3-11(14)7-10(12)8-15/h3-4,7H,5-6,9H2,1-2H3,(H,18,19). The van der Waals surface area contributed by atoms with E-state index in [9.17, 15) is 9.18 Å². The molecular weight excluding hydrogens is 249 g/mol. The van der Waals surface area contributed by atoms with Gasteiger partial charge in [-0.15, -0.1) is 0 Å². The van der Waals surface area contributed by atoms with E-state index in [0.717, 1.165) is 6.07 Å². The lowest BCUT2D eigenvalue weighted by molar-refractivity contribution is -0.135. The van der Waals surface area contributed by atoms with Gasteiger partial charge >= 0.3 is 5.97 Å². The lowest BCUT2D eigenvalue weighted by Crippen LogP contribution is -2.36. The van der Waals surface area contributed by atoms with Gasteiger partial charge in [0.25, 0.3) is 0 Å². The van der Waals surface area contributed by atoms with Crippen LogP contribution in [0.5, 0.6) is 0 Å². The maximum Gasteiger partial charge on any atom is 0.323 e. The highest BCUT2D eigenvalue weighted by molar-refractivity contribution is 5.75. The van der Waals surface area contributed by atoms with Crippen molar-refractivity contribution in [2.24, 2.45) is 0 Å². The summed E-state index contributed by atoms with van der Waals surface area (Å²) in [6.07, 6.45) is 0. The van der Waals surface area contributed by atoms with Gasteiger partial charge in [0.1, 0.15) is 18.4 Å². The molecule has 0 radical (unpaired) electrons. The van der Waals surface area contributed by atoms with Crippen LogP contribution in [0.1, 0.15) is 5.56 Å². The molecule has 0 spiro atoms.